The number of carbonyl (C=O) groups is 1. The molecule has 2 atom stereocenters. The number of ether oxygens (including phenoxy) is 1. The fraction of sp³-hybridized carbons (Fsp3) is 0.577. The maximum atomic E-state index is 13.0. The Bertz CT molecular complexity index is 909. The molecular formula is C26H37N5O2. The molecule has 0 N–H and O–H groups in total. The molecule has 3 aliphatic rings. The number of aliphatic imine (C=N–C) groups is 2. The second kappa shape index (κ2) is 10.6. The summed E-state index contributed by atoms with van der Waals surface area (Å²) in [6, 6.07) is 9.31. The summed E-state index contributed by atoms with van der Waals surface area (Å²) in [6.45, 7) is 14.8. The van der Waals surface area contributed by atoms with Crippen LogP contribution in [0.2, 0.25) is 0 Å². The summed E-state index contributed by atoms with van der Waals surface area (Å²) in [5.74, 6) is 0.613. The van der Waals surface area contributed by atoms with Crippen LogP contribution in [0.3, 0.4) is 0 Å². The fourth-order valence-corrected chi connectivity index (χ4v) is 5.29. The lowest BCUT2D eigenvalue weighted by atomic mass is 9.95. The van der Waals surface area contributed by atoms with Gasteiger partial charge < -0.3 is 14.5 Å². The number of guanidine groups is 1. The maximum Gasteiger partial charge on any atom is 0.251 e. The van der Waals surface area contributed by atoms with Gasteiger partial charge in [0.15, 0.2) is 0 Å². The first kappa shape index (κ1) is 23.6. The minimum absolute atomic E-state index is 0.0633. The Labute approximate surface area is 197 Å². The number of fused-ring (bicyclic) bond motifs is 1. The SMILES string of the molecule is C=NC(=N/C=C(\C)C(=O)N1CCC(N2CCc3ccccc3C2)CC1)N1CC(C)OC(C)C1. The molecule has 4 rings (SSSR count). The molecule has 0 bridgehead atoms. The summed E-state index contributed by atoms with van der Waals surface area (Å²) in [6.07, 6.45) is 5.03. The number of hydrogen-bond donors (Lipinski definition) is 0. The van der Waals surface area contributed by atoms with Crippen LogP contribution in [0.4, 0.5) is 0 Å². The van der Waals surface area contributed by atoms with Crippen LogP contribution in [0.5, 0.6) is 0 Å². The molecule has 1 aromatic rings. The van der Waals surface area contributed by atoms with Gasteiger partial charge in [-0.2, -0.15) is 0 Å². The molecule has 2 saturated heterocycles. The number of carbonyl (C=O) groups excluding carboxylic acids is 1. The highest BCUT2D eigenvalue weighted by atomic mass is 16.5. The molecule has 178 valence electrons. The molecule has 0 radical (unpaired) electrons. The zero-order valence-electron chi connectivity index (χ0n) is 20.2. The summed E-state index contributed by atoms with van der Waals surface area (Å²) < 4.78 is 5.79. The highest BCUT2D eigenvalue weighted by molar-refractivity contribution is 5.93. The van der Waals surface area contributed by atoms with Gasteiger partial charge >= 0.3 is 0 Å². The zero-order chi connectivity index (χ0) is 23.4. The average Bonchev–Trinajstić information content (AvgIpc) is 2.83. The number of nitrogens with zero attached hydrogens (tertiary/aromatic N) is 5. The van der Waals surface area contributed by atoms with E-state index in [2.05, 4.69) is 50.8 Å². The molecule has 3 aliphatic heterocycles. The minimum atomic E-state index is 0.0633. The second-order valence-corrected chi connectivity index (χ2v) is 9.57. The van der Waals surface area contributed by atoms with Crippen molar-refractivity contribution in [1.29, 1.82) is 0 Å². The van der Waals surface area contributed by atoms with E-state index in [0.717, 1.165) is 58.5 Å². The number of likely N-dealkylation sites (tertiary alicyclic amines) is 1. The second-order valence-electron chi connectivity index (χ2n) is 9.57. The Morgan fingerprint density at radius 3 is 2.39 bits per heavy atom. The normalized spacial score (nSPS) is 25.7. The molecule has 7 heteroatoms. The Morgan fingerprint density at radius 2 is 1.73 bits per heavy atom. The van der Waals surface area contributed by atoms with Crippen LogP contribution in [0.1, 0.15) is 44.7 Å². The monoisotopic (exact) mass is 451 g/mol. The number of piperidine rings is 1. The van der Waals surface area contributed by atoms with Gasteiger partial charge in [0, 0.05) is 57.1 Å². The van der Waals surface area contributed by atoms with E-state index in [9.17, 15) is 4.79 Å². The van der Waals surface area contributed by atoms with Crippen molar-refractivity contribution in [3.8, 4) is 0 Å². The Hall–Kier alpha value is -2.51. The van der Waals surface area contributed by atoms with Crippen molar-refractivity contribution in [2.24, 2.45) is 9.98 Å². The molecule has 3 heterocycles. The van der Waals surface area contributed by atoms with Crippen LogP contribution in [-0.4, -0.2) is 84.3 Å². The van der Waals surface area contributed by atoms with Gasteiger partial charge in [-0.3, -0.25) is 9.69 Å². The highest BCUT2D eigenvalue weighted by Crippen LogP contribution is 2.25. The topological polar surface area (TPSA) is 60.7 Å². The smallest absolute Gasteiger partial charge is 0.251 e. The van der Waals surface area contributed by atoms with E-state index in [4.69, 9.17) is 4.74 Å². The van der Waals surface area contributed by atoms with E-state index in [0.29, 0.717) is 17.6 Å². The van der Waals surface area contributed by atoms with E-state index in [1.807, 2.05) is 25.7 Å². The van der Waals surface area contributed by atoms with Crippen molar-refractivity contribution in [2.45, 2.75) is 64.8 Å². The van der Waals surface area contributed by atoms with E-state index in [-0.39, 0.29) is 18.1 Å². The first-order valence-electron chi connectivity index (χ1n) is 12.2. The number of rotatable bonds is 3. The maximum absolute atomic E-state index is 13.0. The Balaban J connectivity index is 1.32. The molecule has 0 saturated carbocycles. The third kappa shape index (κ3) is 5.71. The molecule has 0 aliphatic carbocycles. The molecular weight excluding hydrogens is 414 g/mol. The van der Waals surface area contributed by atoms with Crippen LogP contribution >= 0.6 is 0 Å². The van der Waals surface area contributed by atoms with Gasteiger partial charge in [-0.15, -0.1) is 0 Å². The molecule has 2 fully saturated rings. The van der Waals surface area contributed by atoms with Crippen molar-refractivity contribution in [2.75, 3.05) is 32.7 Å². The van der Waals surface area contributed by atoms with Crippen LogP contribution in [0.15, 0.2) is 46.0 Å². The van der Waals surface area contributed by atoms with Crippen molar-refractivity contribution in [1.82, 2.24) is 14.7 Å². The van der Waals surface area contributed by atoms with E-state index in [1.54, 1.807) is 6.20 Å². The van der Waals surface area contributed by atoms with Gasteiger partial charge in [-0.25, -0.2) is 9.98 Å². The third-order valence-corrected chi connectivity index (χ3v) is 6.98. The quantitative estimate of drug-likeness (QED) is 0.403. The summed E-state index contributed by atoms with van der Waals surface area (Å²) >= 11 is 0. The fourth-order valence-electron chi connectivity index (χ4n) is 5.29. The van der Waals surface area contributed by atoms with E-state index in [1.165, 1.54) is 11.1 Å². The molecule has 1 aromatic carbocycles. The molecule has 7 nitrogen and oxygen atoms in total. The molecule has 1 amide bonds. The predicted molar refractivity (Wildman–Crippen MR) is 132 cm³/mol. The lowest BCUT2D eigenvalue weighted by Crippen LogP contribution is -2.48. The number of hydrogen-bond acceptors (Lipinski definition) is 4. The predicted octanol–water partition coefficient (Wildman–Crippen LogP) is 3.11. The van der Waals surface area contributed by atoms with Crippen molar-refractivity contribution in [3.05, 3.63) is 47.2 Å². The van der Waals surface area contributed by atoms with Crippen LogP contribution in [-0.2, 0) is 22.5 Å². The highest BCUT2D eigenvalue weighted by Gasteiger charge is 2.29. The lowest BCUT2D eigenvalue weighted by Gasteiger charge is -2.40. The first-order valence-corrected chi connectivity index (χ1v) is 12.2. The van der Waals surface area contributed by atoms with Crippen molar-refractivity contribution in [3.63, 3.8) is 0 Å². The van der Waals surface area contributed by atoms with Crippen LogP contribution in [0, 0.1) is 0 Å². The van der Waals surface area contributed by atoms with E-state index < -0.39 is 0 Å². The van der Waals surface area contributed by atoms with Crippen LogP contribution in [0.25, 0.3) is 0 Å². The van der Waals surface area contributed by atoms with Gasteiger partial charge in [0.05, 0.1) is 12.2 Å². The zero-order valence-corrected chi connectivity index (χ0v) is 20.2. The largest absolute Gasteiger partial charge is 0.372 e. The standard InChI is InChI=1S/C26H37N5O2/c1-19(15-28-26(27-4)31-16-20(2)33-21(3)17-31)25(32)29-13-10-24(11-14-29)30-12-9-22-7-5-6-8-23(22)18-30/h5-8,15,20-21,24H,4,9-14,16-18H2,1-3H3/b19-15+,28-26?. The minimum Gasteiger partial charge on any atom is -0.372 e. The number of morpholine rings is 1. The summed E-state index contributed by atoms with van der Waals surface area (Å²) in [5, 5.41) is 0. The first-order chi connectivity index (χ1) is 15.9. The molecule has 33 heavy (non-hydrogen) atoms. The van der Waals surface area contributed by atoms with Crippen LogP contribution < -0.4 is 0 Å². The average molecular weight is 452 g/mol. The van der Waals surface area contributed by atoms with Gasteiger partial charge in [0.25, 0.3) is 5.91 Å². The third-order valence-electron chi connectivity index (χ3n) is 6.98. The lowest BCUT2D eigenvalue weighted by molar-refractivity contribution is -0.128. The molecule has 0 aromatic heterocycles. The molecule has 2 unspecified atom stereocenters. The molecule has 0 spiro atoms. The summed E-state index contributed by atoms with van der Waals surface area (Å²) in [7, 11) is 0. The Kier molecular flexibility index (Phi) is 7.60. The van der Waals surface area contributed by atoms with Gasteiger partial charge in [0.2, 0.25) is 5.96 Å². The summed E-state index contributed by atoms with van der Waals surface area (Å²) in [4.78, 5) is 28.3. The van der Waals surface area contributed by atoms with Crippen molar-refractivity contribution >= 4 is 18.6 Å². The van der Waals surface area contributed by atoms with Crippen molar-refractivity contribution < 1.29 is 9.53 Å². The number of benzene rings is 1. The number of amides is 1. The van der Waals surface area contributed by atoms with E-state index >= 15 is 0 Å². The Morgan fingerprint density at radius 1 is 1.06 bits per heavy atom. The van der Waals surface area contributed by atoms with Gasteiger partial charge in [0.1, 0.15) is 0 Å². The van der Waals surface area contributed by atoms with Gasteiger partial charge in [-0.1, -0.05) is 24.3 Å². The van der Waals surface area contributed by atoms with Gasteiger partial charge in [-0.05, 0) is 57.9 Å². The summed E-state index contributed by atoms with van der Waals surface area (Å²) in [5.41, 5.74) is 3.57.